The summed E-state index contributed by atoms with van der Waals surface area (Å²) in [6.07, 6.45) is 0. The van der Waals surface area contributed by atoms with E-state index >= 15 is 0 Å². The third-order valence-corrected chi connectivity index (χ3v) is 2.92. The lowest BCUT2D eigenvalue weighted by atomic mass is 10.2. The standard InChI is InChI=1S/C10H10N4O3S/c1-5-7(10(16)17)8(14(2)13-5)12-9(15)6-3-18-4-11-6/h3-4H,1-2H3,(H,12,15)(H,16,17). The van der Waals surface area contributed by atoms with Crippen LogP contribution in [0, 0.1) is 6.92 Å². The highest BCUT2D eigenvalue weighted by atomic mass is 32.1. The summed E-state index contributed by atoms with van der Waals surface area (Å²) in [5.41, 5.74) is 2.11. The maximum atomic E-state index is 11.8. The molecule has 0 saturated heterocycles. The average Bonchev–Trinajstić information content (AvgIpc) is 2.87. The van der Waals surface area contributed by atoms with Gasteiger partial charge >= 0.3 is 5.97 Å². The second-order valence-electron chi connectivity index (χ2n) is 3.57. The minimum absolute atomic E-state index is 0.0129. The van der Waals surface area contributed by atoms with Gasteiger partial charge in [0, 0.05) is 12.4 Å². The maximum absolute atomic E-state index is 11.8. The Labute approximate surface area is 106 Å². The number of carboxylic acid groups (broad SMARTS) is 1. The summed E-state index contributed by atoms with van der Waals surface area (Å²) in [6.45, 7) is 1.57. The molecule has 2 heterocycles. The molecular weight excluding hydrogens is 256 g/mol. The molecule has 94 valence electrons. The molecule has 2 rings (SSSR count). The number of rotatable bonds is 3. The first-order valence-electron chi connectivity index (χ1n) is 4.97. The molecule has 2 aromatic heterocycles. The zero-order chi connectivity index (χ0) is 13.3. The first-order valence-corrected chi connectivity index (χ1v) is 5.91. The van der Waals surface area contributed by atoms with Crippen molar-refractivity contribution in [2.24, 2.45) is 7.05 Å². The third-order valence-electron chi connectivity index (χ3n) is 2.33. The van der Waals surface area contributed by atoms with Crippen molar-refractivity contribution in [3.63, 3.8) is 0 Å². The van der Waals surface area contributed by atoms with Crippen LogP contribution in [0.1, 0.15) is 26.5 Å². The number of aromatic carboxylic acids is 1. The van der Waals surface area contributed by atoms with Gasteiger partial charge in [-0.15, -0.1) is 11.3 Å². The molecule has 0 unspecified atom stereocenters. The van der Waals surface area contributed by atoms with E-state index in [9.17, 15) is 9.59 Å². The first-order chi connectivity index (χ1) is 8.50. The Bertz CT molecular complexity index is 603. The Morgan fingerprint density at radius 3 is 2.78 bits per heavy atom. The van der Waals surface area contributed by atoms with Crippen LogP contribution in [0.25, 0.3) is 0 Å². The molecule has 2 aromatic rings. The molecular formula is C10H10N4O3S. The van der Waals surface area contributed by atoms with E-state index in [-0.39, 0.29) is 17.1 Å². The fourth-order valence-corrected chi connectivity index (χ4v) is 2.09. The minimum Gasteiger partial charge on any atom is -0.477 e. The zero-order valence-electron chi connectivity index (χ0n) is 9.67. The minimum atomic E-state index is -1.13. The van der Waals surface area contributed by atoms with Crippen LogP contribution in [0.2, 0.25) is 0 Å². The molecule has 0 aliphatic carbocycles. The van der Waals surface area contributed by atoms with Gasteiger partial charge in [0.15, 0.2) is 0 Å². The number of aryl methyl sites for hydroxylation is 2. The molecule has 7 nitrogen and oxygen atoms in total. The predicted molar refractivity (Wildman–Crippen MR) is 65.0 cm³/mol. The number of hydrogen-bond donors (Lipinski definition) is 2. The van der Waals surface area contributed by atoms with Crippen molar-refractivity contribution in [2.75, 3.05) is 5.32 Å². The fraction of sp³-hybridized carbons (Fsp3) is 0.200. The molecule has 0 aliphatic rings. The Kier molecular flexibility index (Phi) is 3.11. The number of carbonyl (C=O) groups excluding carboxylic acids is 1. The molecule has 0 bridgehead atoms. The maximum Gasteiger partial charge on any atom is 0.341 e. The molecule has 2 N–H and O–H groups in total. The number of nitrogens with zero attached hydrogens (tertiary/aromatic N) is 3. The Balaban J connectivity index is 2.35. The van der Waals surface area contributed by atoms with Crippen LogP contribution in [-0.4, -0.2) is 31.7 Å². The summed E-state index contributed by atoms with van der Waals surface area (Å²) in [6, 6.07) is 0. The summed E-state index contributed by atoms with van der Waals surface area (Å²) in [5.74, 6) is -1.44. The van der Waals surface area contributed by atoms with Crippen LogP contribution in [-0.2, 0) is 7.05 Å². The highest BCUT2D eigenvalue weighted by Crippen LogP contribution is 2.19. The van der Waals surface area contributed by atoms with E-state index in [1.54, 1.807) is 19.4 Å². The Morgan fingerprint density at radius 2 is 2.22 bits per heavy atom. The molecule has 8 heteroatoms. The first kappa shape index (κ1) is 12.2. The summed E-state index contributed by atoms with van der Waals surface area (Å²) in [4.78, 5) is 26.8. The zero-order valence-corrected chi connectivity index (χ0v) is 10.5. The quantitative estimate of drug-likeness (QED) is 0.868. The van der Waals surface area contributed by atoms with Gasteiger partial charge in [0.2, 0.25) is 0 Å². The van der Waals surface area contributed by atoms with Crippen molar-refractivity contribution in [3.05, 3.63) is 27.8 Å². The lowest BCUT2D eigenvalue weighted by Gasteiger charge is -2.04. The molecule has 0 aromatic carbocycles. The highest BCUT2D eigenvalue weighted by molar-refractivity contribution is 7.07. The van der Waals surface area contributed by atoms with E-state index in [0.717, 1.165) is 0 Å². The van der Waals surface area contributed by atoms with Gasteiger partial charge in [0.25, 0.3) is 5.91 Å². The number of anilines is 1. The van der Waals surface area contributed by atoms with E-state index in [0.29, 0.717) is 5.69 Å². The average molecular weight is 266 g/mol. The molecule has 18 heavy (non-hydrogen) atoms. The van der Waals surface area contributed by atoms with Gasteiger partial charge in [-0.1, -0.05) is 0 Å². The monoisotopic (exact) mass is 266 g/mol. The molecule has 0 fully saturated rings. The molecule has 0 spiro atoms. The van der Waals surface area contributed by atoms with Crippen molar-refractivity contribution in [1.29, 1.82) is 0 Å². The Morgan fingerprint density at radius 1 is 1.50 bits per heavy atom. The summed E-state index contributed by atoms with van der Waals surface area (Å²) in [5, 5.41) is 17.1. The predicted octanol–water partition coefficient (Wildman–Crippen LogP) is 1.14. The van der Waals surface area contributed by atoms with Crippen LogP contribution in [0.3, 0.4) is 0 Å². The second kappa shape index (κ2) is 4.57. The van der Waals surface area contributed by atoms with Gasteiger partial charge in [0.05, 0.1) is 11.2 Å². The number of amides is 1. The summed E-state index contributed by atoms with van der Waals surface area (Å²) in [7, 11) is 1.57. The topological polar surface area (TPSA) is 97.1 Å². The number of carboxylic acids is 1. The number of nitrogens with one attached hydrogen (secondary N) is 1. The van der Waals surface area contributed by atoms with Gasteiger partial charge in [-0.3, -0.25) is 9.48 Å². The van der Waals surface area contributed by atoms with Crippen LogP contribution >= 0.6 is 11.3 Å². The SMILES string of the molecule is Cc1nn(C)c(NC(=O)c2cscn2)c1C(=O)O. The van der Waals surface area contributed by atoms with E-state index in [1.165, 1.54) is 21.5 Å². The highest BCUT2D eigenvalue weighted by Gasteiger charge is 2.22. The lowest BCUT2D eigenvalue weighted by molar-refractivity contribution is 0.0697. The molecule has 0 atom stereocenters. The van der Waals surface area contributed by atoms with Gasteiger partial charge in [-0.2, -0.15) is 5.10 Å². The van der Waals surface area contributed by atoms with E-state index in [1.807, 2.05) is 0 Å². The van der Waals surface area contributed by atoms with Crippen molar-refractivity contribution >= 4 is 29.0 Å². The lowest BCUT2D eigenvalue weighted by Crippen LogP contribution is -2.17. The normalized spacial score (nSPS) is 10.3. The third kappa shape index (κ3) is 2.09. The van der Waals surface area contributed by atoms with E-state index in [4.69, 9.17) is 5.11 Å². The molecule has 0 saturated carbocycles. The number of aromatic nitrogens is 3. The van der Waals surface area contributed by atoms with E-state index < -0.39 is 11.9 Å². The van der Waals surface area contributed by atoms with Crippen molar-refractivity contribution in [2.45, 2.75) is 6.92 Å². The smallest absolute Gasteiger partial charge is 0.341 e. The van der Waals surface area contributed by atoms with Gasteiger partial charge in [0.1, 0.15) is 17.1 Å². The van der Waals surface area contributed by atoms with Crippen LogP contribution < -0.4 is 5.32 Å². The largest absolute Gasteiger partial charge is 0.477 e. The second-order valence-corrected chi connectivity index (χ2v) is 4.28. The molecule has 0 aliphatic heterocycles. The van der Waals surface area contributed by atoms with Crippen molar-refractivity contribution < 1.29 is 14.7 Å². The summed E-state index contributed by atoms with van der Waals surface area (Å²) >= 11 is 1.29. The van der Waals surface area contributed by atoms with Crippen molar-refractivity contribution in [3.8, 4) is 0 Å². The number of hydrogen-bond acceptors (Lipinski definition) is 5. The Hall–Kier alpha value is -2.22. The van der Waals surface area contributed by atoms with E-state index in [2.05, 4.69) is 15.4 Å². The summed E-state index contributed by atoms with van der Waals surface area (Å²) < 4.78 is 1.32. The van der Waals surface area contributed by atoms with Crippen LogP contribution in [0.5, 0.6) is 0 Å². The van der Waals surface area contributed by atoms with Gasteiger partial charge < -0.3 is 10.4 Å². The van der Waals surface area contributed by atoms with Crippen LogP contribution in [0.4, 0.5) is 5.82 Å². The van der Waals surface area contributed by atoms with Gasteiger partial charge in [-0.05, 0) is 6.92 Å². The van der Waals surface area contributed by atoms with Crippen molar-refractivity contribution in [1.82, 2.24) is 14.8 Å². The molecule has 1 amide bonds. The number of carbonyl (C=O) groups is 2. The van der Waals surface area contributed by atoms with Crippen LogP contribution in [0.15, 0.2) is 10.9 Å². The van der Waals surface area contributed by atoms with Gasteiger partial charge in [-0.25, -0.2) is 9.78 Å². The fourth-order valence-electron chi connectivity index (χ4n) is 1.55. The molecule has 0 radical (unpaired) electrons. The number of thiazole rings is 1.